The summed E-state index contributed by atoms with van der Waals surface area (Å²) in [6, 6.07) is 5.86. The molecule has 0 spiro atoms. The zero-order valence-electron chi connectivity index (χ0n) is 8.73. The summed E-state index contributed by atoms with van der Waals surface area (Å²) in [7, 11) is 0. The molecule has 0 aliphatic carbocycles. The van der Waals surface area contributed by atoms with E-state index in [1.165, 1.54) is 24.5 Å². The molecule has 0 N–H and O–H groups in total. The van der Waals surface area contributed by atoms with Crippen molar-refractivity contribution in [1.29, 1.82) is 0 Å². The molecule has 1 heterocycles. The van der Waals surface area contributed by atoms with E-state index in [0.717, 1.165) is 0 Å². The number of carbonyl (C=O) groups is 1. The molecular formula is C12H8BrFN2O. The molecule has 0 fully saturated rings. The Hall–Kier alpha value is -1.62. The number of hydrogen-bond donors (Lipinski definition) is 0. The van der Waals surface area contributed by atoms with E-state index < -0.39 is 0 Å². The minimum Gasteiger partial charge on any atom is -0.294 e. The van der Waals surface area contributed by atoms with Gasteiger partial charge in [0.15, 0.2) is 5.78 Å². The first kappa shape index (κ1) is 11.9. The average molecular weight is 295 g/mol. The Morgan fingerprint density at radius 3 is 2.82 bits per heavy atom. The molecule has 0 saturated heterocycles. The molecule has 0 bridgehead atoms. The van der Waals surface area contributed by atoms with E-state index >= 15 is 0 Å². The van der Waals surface area contributed by atoms with Gasteiger partial charge in [0.25, 0.3) is 0 Å². The van der Waals surface area contributed by atoms with Gasteiger partial charge in [0.05, 0.1) is 12.4 Å². The van der Waals surface area contributed by atoms with Gasteiger partial charge < -0.3 is 0 Å². The van der Waals surface area contributed by atoms with Crippen LogP contribution in [0, 0.1) is 5.82 Å². The molecule has 2 rings (SSSR count). The lowest BCUT2D eigenvalue weighted by atomic mass is 10.0. The number of benzene rings is 1. The SMILES string of the molecule is O=C(Cc1cc(F)ccc1Br)c1ccnnc1. The summed E-state index contributed by atoms with van der Waals surface area (Å²) < 4.78 is 13.8. The number of ketones is 1. The van der Waals surface area contributed by atoms with Gasteiger partial charge in [-0.3, -0.25) is 4.79 Å². The van der Waals surface area contributed by atoms with Crippen molar-refractivity contribution < 1.29 is 9.18 Å². The Morgan fingerprint density at radius 2 is 2.12 bits per heavy atom. The quantitative estimate of drug-likeness (QED) is 0.818. The van der Waals surface area contributed by atoms with E-state index in [-0.39, 0.29) is 18.0 Å². The molecule has 0 amide bonds. The minimum absolute atomic E-state index is 0.119. The Kier molecular flexibility index (Phi) is 3.58. The van der Waals surface area contributed by atoms with E-state index in [4.69, 9.17) is 0 Å². The van der Waals surface area contributed by atoms with Crippen LogP contribution in [0.1, 0.15) is 15.9 Å². The van der Waals surface area contributed by atoms with Crippen LogP contribution in [-0.2, 0) is 6.42 Å². The molecule has 86 valence electrons. The third-order valence-electron chi connectivity index (χ3n) is 2.26. The first-order valence-electron chi connectivity index (χ1n) is 4.90. The average Bonchev–Trinajstić information content (AvgIpc) is 2.35. The van der Waals surface area contributed by atoms with Crippen molar-refractivity contribution in [3.05, 3.63) is 58.1 Å². The highest BCUT2D eigenvalue weighted by molar-refractivity contribution is 9.10. The Balaban J connectivity index is 2.22. The standard InChI is InChI=1S/C12H8BrFN2O/c13-11-2-1-10(14)5-9(11)6-12(17)8-3-4-15-16-7-8/h1-5,7H,6H2. The van der Waals surface area contributed by atoms with Crippen molar-refractivity contribution in [2.75, 3.05) is 0 Å². The van der Waals surface area contributed by atoms with E-state index in [9.17, 15) is 9.18 Å². The zero-order chi connectivity index (χ0) is 12.3. The third-order valence-corrected chi connectivity index (χ3v) is 3.04. The molecule has 0 aliphatic heterocycles. The van der Waals surface area contributed by atoms with E-state index in [0.29, 0.717) is 15.6 Å². The van der Waals surface area contributed by atoms with Crippen LogP contribution >= 0.6 is 15.9 Å². The van der Waals surface area contributed by atoms with E-state index in [1.54, 1.807) is 12.1 Å². The second kappa shape index (κ2) is 5.14. The number of aromatic nitrogens is 2. The summed E-state index contributed by atoms with van der Waals surface area (Å²) in [5, 5.41) is 7.23. The molecule has 0 saturated carbocycles. The van der Waals surface area contributed by atoms with Crippen LogP contribution in [0.3, 0.4) is 0 Å². The lowest BCUT2D eigenvalue weighted by Gasteiger charge is -2.03. The zero-order valence-corrected chi connectivity index (χ0v) is 10.3. The van der Waals surface area contributed by atoms with Gasteiger partial charge in [0, 0.05) is 16.5 Å². The fraction of sp³-hybridized carbons (Fsp3) is 0.0833. The number of carbonyl (C=O) groups excluding carboxylic acids is 1. The molecule has 1 aromatic heterocycles. The maximum absolute atomic E-state index is 13.0. The van der Waals surface area contributed by atoms with Gasteiger partial charge in [-0.25, -0.2) is 4.39 Å². The molecule has 5 heteroatoms. The Morgan fingerprint density at radius 1 is 1.29 bits per heavy atom. The van der Waals surface area contributed by atoms with Gasteiger partial charge in [0.2, 0.25) is 0 Å². The summed E-state index contributed by atoms with van der Waals surface area (Å²) in [5.74, 6) is -0.477. The summed E-state index contributed by atoms with van der Waals surface area (Å²) in [4.78, 5) is 11.9. The number of rotatable bonds is 3. The number of halogens is 2. The predicted octanol–water partition coefficient (Wildman–Crippen LogP) is 2.80. The van der Waals surface area contributed by atoms with Gasteiger partial charge in [-0.2, -0.15) is 10.2 Å². The summed E-state index contributed by atoms with van der Waals surface area (Å²) in [5.41, 5.74) is 1.09. The fourth-order valence-electron chi connectivity index (χ4n) is 1.41. The Labute approximate surface area is 106 Å². The maximum atomic E-state index is 13.0. The third kappa shape index (κ3) is 2.94. The summed E-state index contributed by atoms with van der Waals surface area (Å²) in [6.45, 7) is 0. The highest BCUT2D eigenvalue weighted by Gasteiger charge is 2.10. The molecule has 0 aliphatic rings. The van der Waals surface area contributed by atoms with E-state index in [2.05, 4.69) is 26.1 Å². The van der Waals surface area contributed by atoms with Crippen LogP contribution in [0.4, 0.5) is 4.39 Å². The maximum Gasteiger partial charge on any atom is 0.168 e. The van der Waals surface area contributed by atoms with Gasteiger partial charge in [0.1, 0.15) is 5.82 Å². The largest absolute Gasteiger partial charge is 0.294 e. The lowest BCUT2D eigenvalue weighted by molar-refractivity contribution is 0.0992. The van der Waals surface area contributed by atoms with Crippen molar-refractivity contribution in [2.45, 2.75) is 6.42 Å². The van der Waals surface area contributed by atoms with Gasteiger partial charge >= 0.3 is 0 Å². The van der Waals surface area contributed by atoms with Gasteiger partial charge in [-0.15, -0.1) is 0 Å². The second-order valence-electron chi connectivity index (χ2n) is 3.47. The molecule has 0 radical (unpaired) electrons. The molecule has 0 atom stereocenters. The minimum atomic E-state index is -0.358. The molecular weight excluding hydrogens is 287 g/mol. The van der Waals surface area contributed by atoms with Crippen molar-refractivity contribution in [1.82, 2.24) is 10.2 Å². The smallest absolute Gasteiger partial charge is 0.168 e. The summed E-state index contributed by atoms with van der Waals surface area (Å²) >= 11 is 3.28. The molecule has 17 heavy (non-hydrogen) atoms. The van der Waals surface area contributed by atoms with Crippen molar-refractivity contribution in [3.63, 3.8) is 0 Å². The van der Waals surface area contributed by atoms with Crippen LogP contribution in [0.15, 0.2) is 41.1 Å². The van der Waals surface area contributed by atoms with Crippen LogP contribution in [0.25, 0.3) is 0 Å². The second-order valence-corrected chi connectivity index (χ2v) is 4.32. The van der Waals surface area contributed by atoms with Crippen molar-refractivity contribution in [2.24, 2.45) is 0 Å². The van der Waals surface area contributed by atoms with Crippen molar-refractivity contribution in [3.8, 4) is 0 Å². The summed E-state index contributed by atoms with van der Waals surface area (Å²) in [6.07, 6.45) is 2.98. The monoisotopic (exact) mass is 294 g/mol. The van der Waals surface area contributed by atoms with Gasteiger partial charge in [-0.1, -0.05) is 15.9 Å². The number of hydrogen-bond acceptors (Lipinski definition) is 3. The molecule has 3 nitrogen and oxygen atoms in total. The van der Waals surface area contributed by atoms with Crippen LogP contribution < -0.4 is 0 Å². The highest BCUT2D eigenvalue weighted by Crippen LogP contribution is 2.19. The fourth-order valence-corrected chi connectivity index (χ4v) is 1.80. The highest BCUT2D eigenvalue weighted by atomic mass is 79.9. The lowest BCUT2D eigenvalue weighted by Crippen LogP contribution is -2.05. The van der Waals surface area contributed by atoms with Gasteiger partial charge in [-0.05, 0) is 29.8 Å². The molecule has 0 unspecified atom stereocenters. The van der Waals surface area contributed by atoms with Crippen LogP contribution in [0.5, 0.6) is 0 Å². The normalized spacial score (nSPS) is 10.2. The van der Waals surface area contributed by atoms with Crippen LogP contribution in [-0.4, -0.2) is 16.0 Å². The predicted molar refractivity (Wildman–Crippen MR) is 64.2 cm³/mol. The topological polar surface area (TPSA) is 42.9 Å². The first-order valence-corrected chi connectivity index (χ1v) is 5.70. The first-order chi connectivity index (χ1) is 8.16. The number of Topliss-reactive ketones (excluding diaryl/α,β-unsaturated/α-hetero) is 1. The molecule has 1 aromatic carbocycles. The van der Waals surface area contributed by atoms with Crippen LogP contribution in [0.2, 0.25) is 0 Å². The molecule has 2 aromatic rings. The Bertz CT molecular complexity index is 545. The van der Waals surface area contributed by atoms with Crippen molar-refractivity contribution >= 4 is 21.7 Å². The number of nitrogens with zero attached hydrogens (tertiary/aromatic N) is 2. The van der Waals surface area contributed by atoms with E-state index in [1.807, 2.05) is 0 Å².